The number of nitrogens with two attached hydrogens (primary N) is 1. The number of sulfonamides is 1. The van der Waals surface area contributed by atoms with E-state index in [1.807, 2.05) is 41.1 Å². The number of carbonyl (C=O) groups is 1. The van der Waals surface area contributed by atoms with Crippen LogP contribution in [0.3, 0.4) is 0 Å². The van der Waals surface area contributed by atoms with Gasteiger partial charge in [-0.05, 0) is 31.5 Å². The number of primary sulfonamides is 1. The predicted octanol–water partition coefficient (Wildman–Crippen LogP) is 4.65. The number of rotatable bonds is 9. The highest BCUT2D eigenvalue weighted by molar-refractivity contribution is 7.99. The van der Waals surface area contributed by atoms with Gasteiger partial charge in [-0.2, -0.15) is 0 Å². The van der Waals surface area contributed by atoms with Crippen molar-refractivity contribution in [3.63, 3.8) is 0 Å². The Morgan fingerprint density at radius 2 is 1.94 bits per heavy atom. The van der Waals surface area contributed by atoms with Gasteiger partial charge < -0.3 is 9.88 Å². The second kappa shape index (κ2) is 10.3. The van der Waals surface area contributed by atoms with Gasteiger partial charge in [0.2, 0.25) is 15.9 Å². The van der Waals surface area contributed by atoms with E-state index in [-0.39, 0.29) is 16.6 Å². The number of aromatic nitrogens is 3. The third kappa shape index (κ3) is 5.66. The number of unbranched alkanes of at least 4 members (excludes halogenated alkanes) is 1. The molecule has 178 valence electrons. The average Bonchev–Trinajstić information content (AvgIpc) is 3.40. The highest BCUT2D eigenvalue weighted by atomic mass is 32.2. The number of imidazole rings is 1. The maximum Gasteiger partial charge on any atom is 0.238 e. The number of nitrogens with one attached hydrogen (secondary N) is 1. The number of fused-ring (bicyclic) bond motifs is 1. The third-order valence-electron chi connectivity index (χ3n) is 5.18. The lowest BCUT2D eigenvalue weighted by Crippen LogP contribution is -2.14. The molecule has 2 heterocycles. The molecule has 1 amide bonds. The molecule has 4 aromatic rings. The number of anilines is 1. The summed E-state index contributed by atoms with van der Waals surface area (Å²) in [5, 5.41) is 11.2. The van der Waals surface area contributed by atoms with Crippen molar-refractivity contribution < 1.29 is 13.2 Å². The maximum absolute atomic E-state index is 12.6. The van der Waals surface area contributed by atoms with Gasteiger partial charge in [0.25, 0.3) is 0 Å². The minimum atomic E-state index is -3.82. The Kier molecular flexibility index (Phi) is 7.36. The first-order chi connectivity index (χ1) is 16.2. The Bertz CT molecular complexity index is 1430. The molecule has 11 heteroatoms. The first-order valence-electron chi connectivity index (χ1n) is 10.7. The fourth-order valence-electron chi connectivity index (χ4n) is 3.38. The second-order valence-corrected chi connectivity index (χ2v) is 11.2. The van der Waals surface area contributed by atoms with Crippen LogP contribution in [0.2, 0.25) is 0 Å². The van der Waals surface area contributed by atoms with Crippen LogP contribution in [0.1, 0.15) is 25.3 Å². The number of thiazole rings is 1. The van der Waals surface area contributed by atoms with E-state index in [4.69, 9.17) is 5.14 Å². The van der Waals surface area contributed by atoms with Gasteiger partial charge in [-0.1, -0.05) is 54.9 Å². The lowest BCUT2D eigenvalue weighted by molar-refractivity contribution is -0.113. The number of amides is 1. The summed E-state index contributed by atoms with van der Waals surface area (Å²) < 4.78 is 25.4. The number of benzene rings is 2. The van der Waals surface area contributed by atoms with Gasteiger partial charge in [-0.3, -0.25) is 4.79 Å². The zero-order valence-corrected chi connectivity index (χ0v) is 21.3. The lowest BCUT2D eigenvalue weighted by atomic mass is 10.1. The van der Waals surface area contributed by atoms with Crippen LogP contribution in [0.4, 0.5) is 5.13 Å². The van der Waals surface area contributed by atoms with Crippen molar-refractivity contribution in [3.8, 4) is 11.3 Å². The van der Waals surface area contributed by atoms with Crippen molar-refractivity contribution in [3.05, 3.63) is 53.4 Å². The Morgan fingerprint density at radius 3 is 2.65 bits per heavy atom. The summed E-state index contributed by atoms with van der Waals surface area (Å²) in [5.41, 5.74) is 4.34. The van der Waals surface area contributed by atoms with E-state index in [1.54, 1.807) is 6.07 Å². The van der Waals surface area contributed by atoms with E-state index in [1.165, 1.54) is 40.8 Å². The van der Waals surface area contributed by atoms with E-state index in [0.29, 0.717) is 15.8 Å². The summed E-state index contributed by atoms with van der Waals surface area (Å²) in [6.07, 6.45) is 1.93. The fourth-order valence-corrected chi connectivity index (χ4v) is 5.49. The van der Waals surface area contributed by atoms with Gasteiger partial charge in [0.1, 0.15) is 0 Å². The molecule has 4 rings (SSSR count). The standard InChI is InChI=1S/C23H25N5O3S3/c1-3-4-11-28-20-10-9-17(34(24,30)31)12-18(20)26-23(28)33-14-21(29)27-22-25-19(13-32-22)16-7-5-15(2)6-8-16/h5-10,12-13H,3-4,11,14H2,1-2H3,(H2,24,30,31)(H,25,27,29). The van der Waals surface area contributed by atoms with E-state index >= 15 is 0 Å². The first kappa shape index (κ1) is 24.4. The molecule has 0 unspecified atom stereocenters. The lowest BCUT2D eigenvalue weighted by Gasteiger charge is -2.08. The monoisotopic (exact) mass is 515 g/mol. The van der Waals surface area contributed by atoms with Crippen LogP contribution in [-0.4, -0.2) is 34.6 Å². The van der Waals surface area contributed by atoms with Crippen molar-refractivity contribution in [2.75, 3.05) is 11.1 Å². The van der Waals surface area contributed by atoms with Crippen molar-refractivity contribution in [1.82, 2.24) is 14.5 Å². The van der Waals surface area contributed by atoms with Crippen molar-refractivity contribution in [1.29, 1.82) is 0 Å². The molecule has 0 atom stereocenters. The molecule has 0 aliphatic rings. The number of nitrogens with zero attached hydrogens (tertiary/aromatic N) is 3. The molecule has 2 aromatic carbocycles. The van der Waals surface area contributed by atoms with Crippen LogP contribution in [0.15, 0.2) is 57.9 Å². The van der Waals surface area contributed by atoms with Crippen LogP contribution < -0.4 is 10.5 Å². The molecular weight excluding hydrogens is 490 g/mol. The van der Waals surface area contributed by atoms with Crippen molar-refractivity contribution in [2.45, 2.75) is 43.3 Å². The molecular formula is C23H25N5O3S3. The molecule has 0 radical (unpaired) electrons. The maximum atomic E-state index is 12.6. The molecule has 0 aliphatic heterocycles. The molecule has 0 fully saturated rings. The topological polar surface area (TPSA) is 120 Å². The molecule has 0 spiro atoms. The number of thioether (sulfide) groups is 1. The molecule has 34 heavy (non-hydrogen) atoms. The van der Waals surface area contributed by atoms with E-state index in [0.717, 1.165) is 36.2 Å². The molecule has 2 aromatic heterocycles. The zero-order valence-electron chi connectivity index (χ0n) is 18.8. The smallest absolute Gasteiger partial charge is 0.238 e. The van der Waals surface area contributed by atoms with Gasteiger partial charge in [0, 0.05) is 17.5 Å². The summed E-state index contributed by atoms with van der Waals surface area (Å²) in [6.45, 7) is 4.85. The second-order valence-electron chi connectivity index (χ2n) is 7.84. The zero-order chi connectivity index (χ0) is 24.3. The van der Waals surface area contributed by atoms with Gasteiger partial charge in [0.05, 0.1) is 27.4 Å². The molecule has 0 bridgehead atoms. The highest BCUT2D eigenvalue weighted by Gasteiger charge is 2.17. The Labute approximate surface area is 206 Å². The van der Waals surface area contributed by atoms with E-state index in [2.05, 4.69) is 22.2 Å². The van der Waals surface area contributed by atoms with Crippen LogP contribution in [0.25, 0.3) is 22.3 Å². The highest BCUT2D eigenvalue weighted by Crippen LogP contribution is 2.28. The number of hydrogen-bond acceptors (Lipinski definition) is 7. The van der Waals surface area contributed by atoms with Gasteiger partial charge in [0.15, 0.2) is 10.3 Å². The molecule has 3 N–H and O–H groups in total. The summed E-state index contributed by atoms with van der Waals surface area (Å²) >= 11 is 2.68. The molecule has 0 saturated heterocycles. The summed E-state index contributed by atoms with van der Waals surface area (Å²) in [7, 11) is -3.82. The normalized spacial score (nSPS) is 11.7. The minimum Gasteiger partial charge on any atom is -0.319 e. The van der Waals surface area contributed by atoms with Crippen LogP contribution in [0, 0.1) is 6.92 Å². The number of hydrogen-bond donors (Lipinski definition) is 2. The summed E-state index contributed by atoms with van der Waals surface area (Å²) in [5.74, 6) is -0.0363. The molecule has 0 aliphatic carbocycles. The Hall–Kier alpha value is -2.73. The average molecular weight is 516 g/mol. The van der Waals surface area contributed by atoms with E-state index < -0.39 is 10.0 Å². The van der Waals surface area contributed by atoms with Crippen molar-refractivity contribution in [2.24, 2.45) is 5.14 Å². The summed E-state index contributed by atoms with van der Waals surface area (Å²) in [4.78, 5) is 21.7. The SMILES string of the molecule is CCCCn1c(SCC(=O)Nc2nc(-c3ccc(C)cc3)cs2)nc2cc(S(N)(=O)=O)ccc21. The van der Waals surface area contributed by atoms with Gasteiger partial charge in [-0.25, -0.2) is 23.5 Å². The van der Waals surface area contributed by atoms with Crippen LogP contribution >= 0.6 is 23.1 Å². The van der Waals surface area contributed by atoms with Crippen LogP contribution in [-0.2, 0) is 21.4 Å². The predicted molar refractivity (Wildman–Crippen MR) is 138 cm³/mol. The molecule has 8 nitrogen and oxygen atoms in total. The van der Waals surface area contributed by atoms with Crippen LogP contribution in [0.5, 0.6) is 0 Å². The largest absolute Gasteiger partial charge is 0.319 e. The molecule has 0 saturated carbocycles. The van der Waals surface area contributed by atoms with Gasteiger partial charge >= 0.3 is 0 Å². The van der Waals surface area contributed by atoms with Gasteiger partial charge in [-0.15, -0.1) is 11.3 Å². The minimum absolute atomic E-state index is 0.0163. The number of carbonyl (C=O) groups excluding carboxylic acids is 1. The first-order valence-corrected chi connectivity index (χ1v) is 14.1. The van der Waals surface area contributed by atoms with E-state index in [9.17, 15) is 13.2 Å². The Balaban J connectivity index is 1.47. The summed E-state index contributed by atoms with van der Waals surface area (Å²) in [6, 6.07) is 12.7. The third-order valence-corrected chi connectivity index (χ3v) is 7.82. The Morgan fingerprint density at radius 1 is 1.18 bits per heavy atom. The van der Waals surface area contributed by atoms with Crippen molar-refractivity contribution >= 4 is 55.2 Å². The number of aryl methyl sites for hydroxylation is 2. The fraction of sp³-hybridized carbons (Fsp3) is 0.261. The quantitative estimate of drug-likeness (QED) is 0.313.